The number of hydrogen-bond acceptors (Lipinski definition) is 10. The lowest BCUT2D eigenvalue weighted by molar-refractivity contribution is -0.186. The van der Waals surface area contributed by atoms with Crippen LogP contribution in [-0.2, 0) is 28.1 Å². The maximum Gasteiger partial charge on any atom is 0.305 e. The minimum absolute atomic E-state index is 0.110. The van der Waals surface area contributed by atoms with Crippen LogP contribution >= 0.6 is 8.53 Å². The van der Waals surface area contributed by atoms with Crippen molar-refractivity contribution in [2.24, 2.45) is 0 Å². The average molecular weight is 542 g/mol. The molecule has 0 aromatic heterocycles. The second-order valence-electron chi connectivity index (χ2n) is 8.90. The largest absolute Gasteiger partial charge is 0.494 e. The topological polar surface area (TPSA) is 128 Å². The molecule has 0 heterocycles. The lowest BCUT2D eigenvalue weighted by atomic mass is 10.1. The van der Waals surface area contributed by atoms with Crippen LogP contribution in [0.3, 0.4) is 0 Å². The Bertz CT molecular complexity index is 842. The Hall–Kier alpha value is -2.28. The van der Waals surface area contributed by atoms with Crippen LogP contribution in [0.1, 0.15) is 79.1 Å². The second-order valence-corrected chi connectivity index (χ2v) is 10.3. The summed E-state index contributed by atoms with van der Waals surface area (Å²) in [6, 6.07) is 9.22. The molecule has 0 aliphatic heterocycles. The fourth-order valence-corrected chi connectivity index (χ4v) is 5.16. The van der Waals surface area contributed by atoms with Gasteiger partial charge in [-0.1, -0.05) is 0 Å². The minimum atomic E-state index is -1.42. The van der Waals surface area contributed by atoms with Crippen LogP contribution in [-0.4, -0.2) is 61.2 Å². The van der Waals surface area contributed by atoms with E-state index in [1.807, 2.05) is 0 Å². The molecule has 1 aromatic carbocycles. The lowest BCUT2D eigenvalue weighted by Crippen LogP contribution is -2.35. The van der Waals surface area contributed by atoms with Crippen LogP contribution in [0.4, 0.5) is 0 Å². The van der Waals surface area contributed by atoms with Crippen molar-refractivity contribution in [1.29, 1.82) is 6.69 Å². The molecule has 1 N–H and O–H groups in total. The van der Waals surface area contributed by atoms with Crippen molar-refractivity contribution in [3.8, 4) is 11.8 Å². The highest BCUT2D eigenvalue weighted by Gasteiger charge is 2.29. The van der Waals surface area contributed by atoms with Gasteiger partial charge in [0, 0.05) is 31.5 Å². The van der Waals surface area contributed by atoms with E-state index in [0.29, 0.717) is 24.3 Å². The minimum Gasteiger partial charge on any atom is -0.494 e. The van der Waals surface area contributed by atoms with Gasteiger partial charge in [-0.15, -0.1) is 0 Å². The molecule has 10 nitrogen and oxygen atoms in total. The Kier molecular flexibility index (Phi) is 15.1. The van der Waals surface area contributed by atoms with Crippen molar-refractivity contribution < 1.29 is 38.0 Å². The van der Waals surface area contributed by atoms with Gasteiger partial charge in [-0.25, -0.2) is 4.67 Å². The van der Waals surface area contributed by atoms with E-state index in [1.54, 1.807) is 24.3 Å². The molecule has 0 spiro atoms. The first kappa shape index (κ1) is 30.9. The number of carbonyl (C=O) groups excluding carboxylic acids is 2. The quantitative estimate of drug-likeness (QED) is 0.110. The van der Waals surface area contributed by atoms with E-state index in [2.05, 4.69) is 43.5 Å². The number of unbranched alkanes of at least 4 members (excludes halogenated alkanes) is 1. The fraction of sp³-hybridized carbons (Fsp3) is 0.654. The standard InChI is InChI=1S/C26H41N2O8P/c1-19(2)28(20(3)4)37(33-17-9-15-27)36-25(18-29)10-7-8-16-32-24-13-11-23(12-14-24)26(34-21(5)30)35-22(6)31/h11-14,19-20,25-26,29H,7-10,16-18H2,1-6H3/i29D. The maximum atomic E-state index is 11.3. The van der Waals surface area contributed by atoms with Crippen molar-refractivity contribution in [3.63, 3.8) is 0 Å². The van der Waals surface area contributed by atoms with Gasteiger partial charge in [-0.3, -0.25) is 9.59 Å². The molecule has 1 aromatic rings. The van der Waals surface area contributed by atoms with E-state index >= 15 is 0 Å². The molecule has 37 heavy (non-hydrogen) atoms. The summed E-state index contributed by atoms with van der Waals surface area (Å²) in [6.07, 6.45) is 1.01. The fourth-order valence-electron chi connectivity index (χ4n) is 3.44. The van der Waals surface area contributed by atoms with Gasteiger partial charge >= 0.3 is 11.9 Å². The number of benzene rings is 1. The van der Waals surface area contributed by atoms with Gasteiger partial charge in [0.1, 0.15) is 5.75 Å². The summed E-state index contributed by atoms with van der Waals surface area (Å²) in [5.74, 6) is -0.492. The molecular weight excluding hydrogens is 499 g/mol. The molecule has 2 atom stereocenters. The monoisotopic (exact) mass is 541 g/mol. The molecule has 11 heteroatoms. The molecule has 0 saturated heterocycles. The van der Waals surface area contributed by atoms with Gasteiger partial charge in [0.2, 0.25) is 1.43 Å². The zero-order chi connectivity index (χ0) is 28.5. The number of aliphatic hydroxyl groups is 1. The van der Waals surface area contributed by atoms with E-state index in [9.17, 15) is 9.59 Å². The first-order chi connectivity index (χ1) is 18.1. The number of ether oxygens (including phenoxy) is 3. The van der Waals surface area contributed by atoms with Crippen LogP contribution in [0.2, 0.25) is 0 Å². The van der Waals surface area contributed by atoms with Crippen molar-refractivity contribution in [2.75, 3.05) is 19.8 Å². The third-order valence-electron chi connectivity index (χ3n) is 4.97. The Morgan fingerprint density at radius 2 is 1.68 bits per heavy atom. The summed E-state index contributed by atoms with van der Waals surface area (Å²) in [5, 5.41) is 13.5. The molecule has 0 saturated carbocycles. The highest BCUT2D eigenvalue weighted by molar-refractivity contribution is 7.44. The number of esters is 2. The smallest absolute Gasteiger partial charge is 0.305 e. The van der Waals surface area contributed by atoms with Crippen LogP contribution in [0.25, 0.3) is 0 Å². The van der Waals surface area contributed by atoms with Crippen LogP contribution in [0.15, 0.2) is 24.3 Å². The Labute approximate surface area is 223 Å². The molecule has 0 fully saturated rings. The molecule has 0 amide bonds. The Morgan fingerprint density at radius 3 is 2.19 bits per heavy atom. The van der Waals surface area contributed by atoms with Crippen LogP contribution in [0.5, 0.6) is 5.75 Å². The van der Waals surface area contributed by atoms with Crippen molar-refractivity contribution in [3.05, 3.63) is 29.8 Å². The van der Waals surface area contributed by atoms with Crippen LogP contribution < -0.4 is 4.74 Å². The number of aliphatic hydroxyl groups excluding tert-OH is 1. The molecule has 2 unspecified atom stereocenters. The second kappa shape index (κ2) is 18.1. The number of nitriles is 1. The van der Waals surface area contributed by atoms with E-state index in [0.717, 1.165) is 12.8 Å². The normalized spacial score (nSPS) is 13.4. The van der Waals surface area contributed by atoms with Crippen molar-refractivity contribution in [1.82, 2.24) is 4.67 Å². The van der Waals surface area contributed by atoms with E-state index in [1.165, 1.54) is 13.8 Å². The lowest BCUT2D eigenvalue weighted by Gasteiger charge is -2.37. The first-order valence-corrected chi connectivity index (χ1v) is 13.6. The van der Waals surface area contributed by atoms with Gasteiger partial charge < -0.3 is 28.4 Å². The van der Waals surface area contributed by atoms with Gasteiger partial charge in [0.15, 0.2) is 0 Å². The first-order valence-electron chi connectivity index (χ1n) is 12.9. The van der Waals surface area contributed by atoms with E-state index < -0.39 is 26.8 Å². The van der Waals surface area contributed by atoms with Gasteiger partial charge in [-0.05, 0) is 71.2 Å². The van der Waals surface area contributed by atoms with Gasteiger partial charge in [0.05, 0.1) is 38.4 Å². The third kappa shape index (κ3) is 13.2. The molecule has 0 aliphatic rings. The summed E-state index contributed by atoms with van der Waals surface area (Å²) in [6.45, 7) is 11.6. The van der Waals surface area contributed by atoms with Crippen molar-refractivity contribution >= 4 is 20.5 Å². The summed E-state index contributed by atoms with van der Waals surface area (Å²) in [7, 11) is -1.42. The maximum absolute atomic E-state index is 11.3. The highest BCUT2D eigenvalue weighted by Crippen LogP contribution is 2.47. The average Bonchev–Trinajstić information content (AvgIpc) is 2.83. The predicted molar refractivity (Wildman–Crippen MR) is 139 cm³/mol. The van der Waals surface area contributed by atoms with Crippen molar-refractivity contribution in [2.45, 2.75) is 91.7 Å². The van der Waals surface area contributed by atoms with E-state index in [-0.39, 0.29) is 37.8 Å². The summed E-state index contributed by atoms with van der Waals surface area (Å²) in [4.78, 5) is 22.6. The summed E-state index contributed by atoms with van der Waals surface area (Å²) < 4.78 is 37.5. The third-order valence-corrected chi connectivity index (χ3v) is 7.16. The molecule has 0 aliphatic carbocycles. The van der Waals surface area contributed by atoms with Crippen LogP contribution in [0, 0.1) is 11.3 Å². The zero-order valence-corrected chi connectivity index (χ0v) is 23.6. The zero-order valence-electron chi connectivity index (χ0n) is 23.7. The molecule has 1 rings (SSSR count). The number of carbonyl (C=O) groups is 2. The van der Waals surface area contributed by atoms with Gasteiger partial charge in [-0.2, -0.15) is 5.26 Å². The highest BCUT2D eigenvalue weighted by atomic mass is 31.2. The summed E-state index contributed by atoms with van der Waals surface area (Å²) in [5.41, 5.74) is 0.517. The molecular formula is C26H41N2O8P. The Balaban J connectivity index is 2.63. The number of nitrogens with zero attached hydrogens (tertiary/aromatic N) is 2. The summed E-state index contributed by atoms with van der Waals surface area (Å²) >= 11 is 0. The predicted octanol–water partition coefficient (Wildman–Crippen LogP) is 5.01. The molecule has 0 bridgehead atoms. The number of hydrogen-bond donors (Lipinski definition) is 1. The van der Waals surface area contributed by atoms with Gasteiger partial charge in [0.25, 0.3) is 14.8 Å². The Morgan fingerprint density at radius 1 is 1.05 bits per heavy atom. The number of rotatable bonds is 19. The molecule has 208 valence electrons. The van der Waals surface area contributed by atoms with E-state index in [4.69, 9.17) is 30.0 Å². The molecule has 0 radical (unpaired) electrons. The SMILES string of the molecule is [2H]OCC(CCCCOc1ccc(C(OC(C)=O)OC(C)=O)cc1)OP(OCCC#N)N(C(C)C)C(C)C.